The molecule has 1 saturated carbocycles. The number of carbonyl (C=O) groups is 1. The van der Waals surface area contributed by atoms with Crippen LogP contribution in [0, 0.1) is 0 Å². The lowest BCUT2D eigenvalue weighted by atomic mass is 10.1. The summed E-state index contributed by atoms with van der Waals surface area (Å²) in [5.41, 5.74) is 3.14. The van der Waals surface area contributed by atoms with Crippen molar-refractivity contribution in [2.24, 2.45) is 0 Å². The summed E-state index contributed by atoms with van der Waals surface area (Å²) in [7, 11) is 0. The zero-order valence-electron chi connectivity index (χ0n) is 15.9. The van der Waals surface area contributed by atoms with Gasteiger partial charge in [0.1, 0.15) is 6.54 Å². The van der Waals surface area contributed by atoms with Crippen LogP contribution in [0.1, 0.15) is 48.5 Å². The normalized spacial score (nSPS) is 15.4. The van der Waals surface area contributed by atoms with Crippen LogP contribution in [-0.2, 0) is 17.8 Å². The molecule has 1 N–H and O–H groups in total. The number of benzene rings is 1. The molecule has 1 aromatic carbocycles. The van der Waals surface area contributed by atoms with Crippen molar-refractivity contribution in [1.82, 2.24) is 20.1 Å². The third kappa shape index (κ3) is 4.75. The van der Waals surface area contributed by atoms with E-state index in [9.17, 15) is 18.0 Å². The third-order valence-electron chi connectivity index (χ3n) is 5.09. The standard InChI is InChI=1S/C21H21F3N4O/c1-13(27-20(29)8-14-2-4-15(5-3-14)16-6-7-16)18-9-17-10-26-28(12-21(22,23)24)19(17)11-25-18/h2-5,9-11,13,16H,6-8,12H2,1H3,(H,27,29). The summed E-state index contributed by atoms with van der Waals surface area (Å²) in [6.45, 7) is 0.631. The highest BCUT2D eigenvalue weighted by Crippen LogP contribution is 2.39. The number of carbonyl (C=O) groups excluding carboxylic acids is 1. The number of hydrogen-bond acceptors (Lipinski definition) is 3. The highest BCUT2D eigenvalue weighted by molar-refractivity contribution is 5.80. The molecule has 0 spiro atoms. The summed E-state index contributed by atoms with van der Waals surface area (Å²) < 4.78 is 38.7. The fraction of sp³-hybridized carbons (Fsp3) is 0.381. The van der Waals surface area contributed by atoms with Crippen LogP contribution >= 0.6 is 0 Å². The van der Waals surface area contributed by atoms with Crippen molar-refractivity contribution in [1.29, 1.82) is 0 Å². The Balaban J connectivity index is 1.40. The van der Waals surface area contributed by atoms with Gasteiger partial charge in [0.25, 0.3) is 0 Å². The van der Waals surface area contributed by atoms with E-state index >= 15 is 0 Å². The fourth-order valence-corrected chi connectivity index (χ4v) is 3.40. The number of halogens is 3. The zero-order chi connectivity index (χ0) is 20.6. The molecular formula is C21H21F3N4O. The quantitative estimate of drug-likeness (QED) is 0.669. The summed E-state index contributed by atoms with van der Waals surface area (Å²) in [6, 6.07) is 9.41. The van der Waals surface area contributed by atoms with E-state index < -0.39 is 12.7 Å². The lowest BCUT2D eigenvalue weighted by molar-refractivity contribution is -0.141. The Morgan fingerprint density at radius 1 is 1.24 bits per heavy atom. The van der Waals surface area contributed by atoms with Crippen LogP contribution in [0.3, 0.4) is 0 Å². The van der Waals surface area contributed by atoms with Crippen LogP contribution in [0.25, 0.3) is 10.9 Å². The fourth-order valence-electron chi connectivity index (χ4n) is 3.40. The Hall–Kier alpha value is -2.90. The SMILES string of the molecule is CC(NC(=O)Cc1ccc(C2CC2)cc1)c1cc2cnn(CC(F)(F)F)c2cn1. The van der Waals surface area contributed by atoms with Crippen molar-refractivity contribution in [3.8, 4) is 0 Å². The zero-order valence-corrected chi connectivity index (χ0v) is 15.9. The molecule has 152 valence electrons. The Kier molecular flexibility index (Phi) is 5.02. The molecule has 4 rings (SSSR count). The first-order valence-electron chi connectivity index (χ1n) is 9.55. The van der Waals surface area contributed by atoms with Gasteiger partial charge in [-0.2, -0.15) is 18.3 Å². The lowest BCUT2D eigenvalue weighted by Gasteiger charge is -2.14. The minimum atomic E-state index is -4.35. The average molecular weight is 402 g/mol. The molecule has 1 aliphatic carbocycles. The van der Waals surface area contributed by atoms with Crippen LogP contribution in [0.4, 0.5) is 13.2 Å². The Labute approximate surface area is 165 Å². The molecule has 1 amide bonds. The molecule has 8 heteroatoms. The number of fused-ring (bicyclic) bond motifs is 1. The van der Waals surface area contributed by atoms with Crippen LogP contribution < -0.4 is 5.32 Å². The maximum Gasteiger partial charge on any atom is 0.408 e. The van der Waals surface area contributed by atoms with Crippen molar-refractivity contribution in [2.75, 3.05) is 0 Å². The minimum Gasteiger partial charge on any atom is -0.348 e. The van der Waals surface area contributed by atoms with Crippen molar-refractivity contribution in [3.05, 3.63) is 59.5 Å². The van der Waals surface area contributed by atoms with Gasteiger partial charge in [0.15, 0.2) is 0 Å². The first kappa shape index (κ1) is 19.4. The first-order valence-corrected chi connectivity index (χ1v) is 9.55. The second-order valence-corrected chi connectivity index (χ2v) is 7.57. The maximum atomic E-state index is 12.6. The van der Waals surface area contributed by atoms with Gasteiger partial charge < -0.3 is 5.32 Å². The number of hydrogen-bond donors (Lipinski definition) is 1. The van der Waals surface area contributed by atoms with Crippen LogP contribution in [-0.4, -0.2) is 26.8 Å². The van der Waals surface area contributed by atoms with Gasteiger partial charge >= 0.3 is 6.18 Å². The minimum absolute atomic E-state index is 0.133. The number of nitrogens with zero attached hydrogens (tertiary/aromatic N) is 3. The average Bonchev–Trinajstić information content (AvgIpc) is 3.43. The van der Waals surface area contributed by atoms with Crippen LogP contribution in [0.15, 0.2) is 42.7 Å². The topological polar surface area (TPSA) is 59.8 Å². The molecule has 0 aliphatic heterocycles. The highest BCUT2D eigenvalue weighted by Gasteiger charge is 2.29. The molecular weight excluding hydrogens is 381 g/mol. The number of rotatable bonds is 6. The van der Waals surface area contributed by atoms with Gasteiger partial charge in [-0.1, -0.05) is 24.3 Å². The maximum absolute atomic E-state index is 12.6. The molecule has 1 atom stereocenters. The number of alkyl halides is 3. The van der Waals surface area contributed by atoms with Gasteiger partial charge in [0.05, 0.1) is 36.1 Å². The monoisotopic (exact) mass is 402 g/mol. The number of aromatic nitrogens is 3. The van der Waals surface area contributed by atoms with Gasteiger partial charge in [0, 0.05) is 5.39 Å². The van der Waals surface area contributed by atoms with Gasteiger partial charge in [-0.3, -0.25) is 14.5 Å². The molecule has 2 aromatic heterocycles. The molecule has 29 heavy (non-hydrogen) atoms. The highest BCUT2D eigenvalue weighted by atomic mass is 19.4. The van der Waals surface area contributed by atoms with Gasteiger partial charge in [0.2, 0.25) is 5.91 Å². The number of amides is 1. The molecule has 1 fully saturated rings. The molecule has 0 radical (unpaired) electrons. The number of pyridine rings is 1. The van der Waals surface area contributed by atoms with Crippen LogP contribution in [0.5, 0.6) is 0 Å². The van der Waals surface area contributed by atoms with E-state index in [1.54, 1.807) is 13.0 Å². The third-order valence-corrected chi connectivity index (χ3v) is 5.09. The summed E-state index contributed by atoms with van der Waals surface area (Å²) >= 11 is 0. The van der Waals surface area contributed by atoms with Crippen LogP contribution in [0.2, 0.25) is 0 Å². The smallest absolute Gasteiger partial charge is 0.348 e. The second-order valence-electron chi connectivity index (χ2n) is 7.57. The Morgan fingerprint density at radius 3 is 2.62 bits per heavy atom. The first-order chi connectivity index (χ1) is 13.8. The van der Waals surface area contributed by atoms with E-state index in [2.05, 4.69) is 27.5 Å². The van der Waals surface area contributed by atoms with E-state index in [1.165, 1.54) is 30.8 Å². The van der Waals surface area contributed by atoms with Gasteiger partial charge in [-0.05, 0) is 42.9 Å². The summed E-state index contributed by atoms with van der Waals surface area (Å²) in [6.07, 6.45) is 1.13. The Morgan fingerprint density at radius 2 is 1.97 bits per heavy atom. The van der Waals surface area contributed by atoms with Crippen molar-refractivity contribution < 1.29 is 18.0 Å². The summed E-state index contributed by atoms with van der Waals surface area (Å²) in [5, 5.41) is 7.24. The molecule has 0 saturated heterocycles. The van der Waals surface area contributed by atoms with Crippen molar-refractivity contribution in [3.63, 3.8) is 0 Å². The van der Waals surface area contributed by atoms with Crippen molar-refractivity contribution in [2.45, 2.75) is 50.9 Å². The Bertz CT molecular complexity index is 1020. The van der Waals surface area contributed by atoms with E-state index in [-0.39, 0.29) is 18.4 Å². The van der Waals surface area contributed by atoms with Gasteiger partial charge in [-0.15, -0.1) is 0 Å². The predicted molar refractivity (Wildman–Crippen MR) is 102 cm³/mol. The molecule has 3 aromatic rings. The van der Waals surface area contributed by atoms with E-state index in [4.69, 9.17) is 0 Å². The van der Waals surface area contributed by atoms with E-state index in [1.807, 2.05) is 12.1 Å². The van der Waals surface area contributed by atoms with Crippen molar-refractivity contribution >= 4 is 16.8 Å². The largest absolute Gasteiger partial charge is 0.408 e. The van der Waals surface area contributed by atoms with E-state index in [0.717, 1.165) is 10.2 Å². The second kappa shape index (κ2) is 7.50. The lowest BCUT2D eigenvalue weighted by Crippen LogP contribution is -2.28. The molecule has 2 heterocycles. The summed E-state index contributed by atoms with van der Waals surface area (Å²) in [5.74, 6) is 0.547. The predicted octanol–water partition coefficient (Wildman–Crippen LogP) is 4.29. The molecule has 0 bridgehead atoms. The molecule has 1 aliphatic rings. The molecule has 1 unspecified atom stereocenters. The number of nitrogens with one attached hydrogen (secondary N) is 1. The van der Waals surface area contributed by atoms with Gasteiger partial charge in [-0.25, -0.2) is 0 Å². The summed E-state index contributed by atoms with van der Waals surface area (Å²) in [4.78, 5) is 16.6. The van der Waals surface area contributed by atoms with E-state index in [0.29, 0.717) is 22.5 Å². The molecule has 5 nitrogen and oxygen atoms in total.